The zero-order chi connectivity index (χ0) is 22.1. The van der Waals surface area contributed by atoms with E-state index in [4.69, 9.17) is 15.0 Å². The van der Waals surface area contributed by atoms with Crippen molar-refractivity contribution in [3.8, 4) is 22.8 Å². The molecule has 0 unspecified atom stereocenters. The van der Waals surface area contributed by atoms with E-state index in [-0.39, 0.29) is 0 Å². The average Bonchev–Trinajstić information content (AvgIpc) is 3.21. The molecule has 160 valence electrons. The lowest BCUT2D eigenvalue weighted by Gasteiger charge is -2.09. The number of para-hydroxylation sites is 1. The average molecular weight is 418 g/mol. The van der Waals surface area contributed by atoms with Gasteiger partial charge in [-0.25, -0.2) is 0 Å². The van der Waals surface area contributed by atoms with Crippen LogP contribution in [0.5, 0.6) is 11.5 Å². The van der Waals surface area contributed by atoms with Crippen LogP contribution in [0, 0.1) is 0 Å². The van der Waals surface area contributed by atoms with Crippen LogP contribution in [0.25, 0.3) is 43.5 Å². The standard InChI is InChI=1S/C19H16N2O2.C5H11N3/c1-22-16-8-7-12(11-17(16)23-2)18-19-14(9-10-20-18)13-5-3-4-6-15(13)21-19;1-2-3-4-5-7-8-6/h3-11,21H,1-2H3;2-5H2,1H3. The quantitative estimate of drug-likeness (QED) is 0.153. The van der Waals surface area contributed by atoms with E-state index >= 15 is 0 Å². The van der Waals surface area contributed by atoms with E-state index in [2.05, 4.69) is 39.1 Å². The molecule has 2 aromatic heterocycles. The van der Waals surface area contributed by atoms with Gasteiger partial charge in [0, 0.05) is 39.5 Å². The monoisotopic (exact) mass is 417 g/mol. The number of fused-ring (bicyclic) bond motifs is 3. The van der Waals surface area contributed by atoms with E-state index in [1.165, 1.54) is 23.6 Å². The maximum atomic E-state index is 7.82. The molecule has 0 saturated heterocycles. The van der Waals surface area contributed by atoms with E-state index < -0.39 is 0 Å². The normalized spacial score (nSPS) is 10.3. The van der Waals surface area contributed by atoms with Gasteiger partial charge in [-0.05, 0) is 42.3 Å². The van der Waals surface area contributed by atoms with Gasteiger partial charge < -0.3 is 14.5 Å². The van der Waals surface area contributed by atoms with Gasteiger partial charge in [0.2, 0.25) is 0 Å². The van der Waals surface area contributed by atoms with E-state index in [1.54, 1.807) is 14.2 Å². The first-order chi connectivity index (χ1) is 15.2. The predicted octanol–water partition coefficient (Wildman–Crippen LogP) is 6.89. The fourth-order valence-electron chi connectivity index (χ4n) is 3.45. The van der Waals surface area contributed by atoms with E-state index in [1.807, 2.05) is 42.6 Å². The molecule has 7 heteroatoms. The number of nitrogens with one attached hydrogen (secondary N) is 1. The van der Waals surface area contributed by atoms with Crippen LogP contribution in [0.15, 0.2) is 59.8 Å². The fraction of sp³-hybridized carbons (Fsp3) is 0.292. The van der Waals surface area contributed by atoms with E-state index in [9.17, 15) is 0 Å². The van der Waals surface area contributed by atoms with Crippen LogP contribution in [0.1, 0.15) is 26.2 Å². The minimum Gasteiger partial charge on any atom is -0.493 e. The molecule has 1 N–H and O–H groups in total. The number of unbranched alkanes of at least 4 members (excludes halogenated alkanes) is 2. The second kappa shape index (κ2) is 10.9. The molecular formula is C24H27N5O2. The third kappa shape index (κ3) is 5.08. The molecule has 0 spiro atoms. The Balaban J connectivity index is 0.000000293. The summed E-state index contributed by atoms with van der Waals surface area (Å²) in [5.74, 6) is 1.40. The number of aromatic nitrogens is 2. The first kappa shape index (κ1) is 22.0. The molecule has 0 bridgehead atoms. The first-order valence-electron chi connectivity index (χ1n) is 10.3. The molecule has 0 aliphatic heterocycles. The third-order valence-electron chi connectivity index (χ3n) is 5.01. The molecule has 0 saturated carbocycles. The molecule has 0 aliphatic carbocycles. The van der Waals surface area contributed by atoms with Crippen LogP contribution in [-0.2, 0) is 0 Å². The Bertz CT molecular complexity index is 1200. The summed E-state index contributed by atoms with van der Waals surface area (Å²) in [5, 5.41) is 5.76. The van der Waals surface area contributed by atoms with Crippen LogP contribution in [-0.4, -0.2) is 30.7 Å². The van der Waals surface area contributed by atoms with Gasteiger partial charge in [0.05, 0.1) is 25.4 Å². The highest BCUT2D eigenvalue weighted by Gasteiger charge is 2.13. The Hall–Kier alpha value is -3.70. The highest BCUT2D eigenvalue weighted by Crippen LogP contribution is 2.35. The van der Waals surface area contributed by atoms with Crippen molar-refractivity contribution in [3.05, 3.63) is 65.2 Å². The highest BCUT2D eigenvalue weighted by atomic mass is 16.5. The lowest BCUT2D eigenvalue weighted by Crippen LogP contribution is -1.92. The van der Waals surface area contributed by atoms with Gasteiger partial charge in [-0.2, -0.15) is 0 Å². The number of rotatable bonds is 7. The largest absolute Gasteiger partial charge is 0.493 e. The highest BCUT2D eigenvalue weighted by molar-refractivity contribution is 6.10. The van der Waals surface area contributed by atoms with E-state index in [0.717, 1.165) is 28.7 Å². The second-order valence-electron chi connectivity index (χ2n) is 6.98. The zero-order valence-corrected chi connectivity index (χ0v) is 18.1. The Morgan fingerprint density at radius 1 is 1.00 bits per heavy atom. The van der Waals surface area contributed by atoms with Crippen molar-refractivity contribution in [1.82, 2.24) is 9.97 Å². The van der Waals surface area contributed by atoms with Crippen molar-refractivity contribution in [1.29, 1.82) is 0 Å². The zero-order valence-electron chi connectivity index (χ0n) is 18.1. The predicted molar refractivity (Wildman–Crippen MR) is 126 cm³/mol. The maximum absolute atomic E-state index is 7.82. The smallest absolute Gasteiger partial charge is 0.161 e. The van der Waals surface area contributed by atoms with Crippen molar-refractivity contribution in [2.24, 2.45) is 5.11 Å². The summed E-state index contributed by atoms with van der Waals surface area (Å²) in [6, 6.07) is 16.2. The van der Waals surface area contributed by atoms with Crippen LogP contribution in [0.3, 0.4) is 0 Å². The summed E-state index contributed by atoms with van der Waals surface area (Å²) < 4.78 is 10.7. The molecule has 31 heavy (non-hydrogen) atoms. The Labute approximate surface area is 181 Å². The number of methoxy groups -OCH3 is 2. The molecule has 0 amide bonds. The van der Waals surface area contributed by atoms with Crippen LogP contribution >= 0.6 is 0 Å². The maximum Gasteiger partial charge on any atom is 0.161 e. The van der Waals surface area contributed by atoms with E-state index in [0.29, 0.717) is 18.0 Å². The van der Waals surface area contributed by atoms with Gasteiger partial charge in [-0.15, -0.1) is 0 Å². The number of aromatic amines is 1. The van der Waals surface area contributed by atoms with Crippen LogP contribution < -0.4 is 9.47 Å². The summed E-state index contributed by atoms with van der Waals surface area (Å²) in [7, 11) is 3.27. The molecule has 0 radical (unpaired) electrons. The van der Waals surface area contributed by atoms with Crippen LogP contribution in [0.2, 0.25) is 0 Å². The Morgan fingerprint density at radius 2 is 1.81 bits per heavy atom. The minimum absolute atomic E-state index is 0.657. The number of pyridine rings is 1. The molecule has 7 nitrogen and oxygen atoms in total. The molecule has 4 rings (SSSR count). The lowest BCUT2D eigenvalue weighted by molar-refractivity contribution is 0.355. The summed E-state index contributed by atoms with van der Waals surface area (Å²) in [4.78, 5) is 10.7. The second-order valence-corrected chi connectivity index (χ2v) is 6.98. The molecular weight excluding hydrogens is 390 g/mol. The van der Waals surface area contributed by atoms with Gasteiger partial charge in [-0.3, -0.25) is 4.98 Å². The van der Waals surface area contributed by atoms with Crippen LogP contribution in [0.4, 0.5) is 0 Å². The molecule has 4 aromatic rings. The number of azide groups is 1. The number of benzene rings is 2. The SMILES string of the molecule is CCCCCN=[N+]=[N-].COc1ccc(-c2nccc3c2[nH]c2ccccc23)cc1OC. The fourth-order valence-corrected chi connectivity index (χ4v) is 3.45. The van der Waals surface area contributed by atoms with Crippen molar-refractivity contribution >= 4 is 21.8 Å². The minimum atomic E-state index is 0.657. The molecule has 2 heterocycles. The topological polar surface area (TPSA) is 95.9 Å². The summed E-state index contributed by atoms with van der Waals surface area (Å²) in [6.45, 7) is 2.78. The van der Waals surface area contributed by atoms with Gasteiger partial charge in [0.15, 0.2) is 11.5 Å². The van der Waals surface area contributed by atoms with Gasteiger partial charge in [-0.1, -0.05) is 43.1 Å². The van der Waals surface area contributed by atoms with Crippen molar-refractivity contribution in [2.45, 2.75) is 26.2 Å². The van der Waals surface area contributed by atoms with Gasteiger partial charge >= 0.3 is 0 Å². The number of hydrogen-bond acceptors (Lipinski definition) is 4. The summed E-state index contributed by atoms with van der Waals surface area (Å²) in [5.41, 5.74) is 11.8. The first-order valence-corrected chi connectivity index (χ1v) is 10.3. The summed E-state index contributed by atoms with van der Waals surface area (Å²) in [6.07, 6.45) is 5.22. The summed E-state index contributed by atoms with van der Waals surface area (Å²) >= 11 is 0. The molecule has 2 aromatic carbocycles. The van der Waals surface area contributed by atoms with Crippen molar-refractivity contribution in [3.63, 3.8) is 0 Å². The lowest BCUT2D eigenvalue weighted by atomic mass is 10.1. The van der Waals surface area contributed by atoms with Gasteiger partial charge in [0.1, 0.15) is 0 Å². The van der Waals surface area contributed by atoms with Gasteiger partial charge in [0.25, 0.3) is 0 Å². The molecule has 0 aliphatic rings. The number of nitrogens with zero attached hydrogens (tertiary/aromatic N) is 4. The Morgan fingerprint density at radius 3 is 2.55 bits per heavy atom. The molecule has 0 atom stereocenters. The third-order valence-corrected chi connectivity index (χ3v) is 5.01. The Kier molecular flexibility index (Phi) is 7.73. The number of ether oxygens (including phenoxy) is 2. The van der Waals surface area contributed by atoms with Crippen molar-refractivity contribution in [2.75, 3.05) is 20.8 Å². The number of H-pyrrole nitrogens is 1. The van der Waals surface area contributed by atoms with Crippen molar-refractivity contribution < 1.29 is 9.47 Å². The molecule has 0 fully saturated rings. The number of hydrogen-bond donors (Lipinski definition) is 1.